The first kappa shape index (κ1) is 13.5. The molecule has 3 N–H and O–H groups in total. The number of aromatic nitrogens is 3. The van der Waals surface area contributed by atoms with Crippen molar-refractivity contribution in [2.75, 3.05) is 0 Å². The summed E-state index contributed by atoms with van der Waals surface area (Å²) < 4.78 is 1.69. The van der Waals surface area contributed by atoms with Gasteiger partial charge in [0.25, 0.3) is 0 Å². The summed E-state index contributed by atoms with van der Waals surface area (Å²) in [5.41, 5.74) is 7.07. The van der Waals surface area contributed by atoms with Gasteiger partial charge in [-0.3, -0.25) is 4.57 Å². The van der Waals surface area contributed by atoms with Crippen LogP contribution in [0.4, 0.5) is 0 Å². The Labute approximate surface area is 112 Å². The van der Waals surface area contributed by atoms with Gasteiger partial charge in [0.1, 0.15) is 5.82 Å². The molecule has 0 saturated carbocycles. The molecule has 19 heavy (non-hydrogen) atoms. The van der Waals surface area contributed by atoms with Crippen molar-refractivity contribution in [3.63, 3.8) is 0 Å². The molecule has 1 atom stereocenters. The van der Waals surface area contributed by atoms with Crippen molar-refractivity contribution < 1.29 is 0 Å². The van der Waals surface area contributed by atoms with Crippen molar-refractivity contribution in [1.82, 2.24) is 14.8 Å². The normalized spacial score (nSPS) is 12.5. The summed E-state index contributed by atoms with van der Waals surface area (Å²) in [6.07, 6.45) is 2.57. The predicted molar refractivity (Wildman–Crippen MR) is 74.8 cm³/mol. The smallest absolute Gasteiger partial charge is 0.324 e. The molecule has 1 heterocycles. The van der Waals surface area contributed by atoms with Crippen LogP contribution in [-0.4, -0.2) is 14.8 Å². The van der Waals surface area contributed by atoms with E-state index in [4.69, 9.17) is 5.73 Å². The summed E-state index contributed by atoms with van der Waals surface area (Å²) >= 11 is 0. The Morgan fingerprint density at radius 2 is 2.11 bits per heavy atom. The van der Waals surface area contributed by atoms with E-state index in [2.05, 4.69) is 17.1 Å². The summed E-state index contributed by atoms with van der Waals surface area (Å²) in [7, 11) is 0. The molecule has 0 saturated heterocycles. The highest BCUT2D eigenvalue weighted by molar-refractivity contribution is 5.19. The number of nitrogens with two attached hydrogens (primary N) is 1. The predicted octanol–water partition coefficient (Wildman–Crippen LogP) is 1.61. The molecule has 0 radical (unpaired) electrons. The lowest BCUT2D eigenvalue weighted by Gasteiger charge is -2.12. The van der Waals surface area contributed by atoms with Gasteiger partial charge in [0.15, 0.2) is 0 Å². The van der Waals surface area contributed by atoms with Crippen LogP contribution in [0.1, 0.15) is 37.2 Å². The number of nitrogens with one attached hydrogen (secondary N) is 1. The van der Waals surface area contributed by atoms with Crippen LogP contribution in [0.15, 0.2) is 35.1 Å². The second-order valence-corrected chi connectivity index (χ2v) is 4.67. The second-order valence-electron chi connectivity index (χ2n) is 4.67. The number of hydrogen-bond acceptors (Lipinski definition) is 3. The maximum atomic E-state index is 11.7. The number of rotatable bonds is 6. The molecule has 1 unspecified atom stereocenters. The Morgan fingerprint density at radius 3 is 2.79 bits per heavy atom. The molecule has 0 aliphatic rings. The lowest BCUT2D eigenvalue weighted by Crippen LogP contribution is -2.22. The van der Waals surface area contributed by atoms with Crippen LogP contribution in [0.5, 0.6) is 0 Å². The van der Waals surface area contributed by atoms with Gasteiger partial charge in [0.2, 0.25) is 0 Å². The molecule has 0 bridgehead atoms. The Bertz CT molecular complexity index is 558. The Hall–Kier alpha value is -1.88. The number of H-pyrrole nitrogens is 1. The molecule has 0 spiro atoms. The lowest BCUT2D eigenvalue weighted by atomic mass is 10.0. The number of hydrogen-bond donors (Lipinski definition) is 2. The standard InChI is InChI=1S/C14H20N4O/c1-2-3-9-18-13(16-17-14(18)19)10-12(15)11-7-5-4-6-8-11/h4-8,12H,2-3,9-10,15H2,1H3,(H,17,19). The van der Waals surface area contributed by atoms with Crippen molar-refractivity contribution in [2.45, 2.75) is 38.8 Å². The molecular weight excluding hydrogens is 240 g/mol. The largest absolute Gasteiger partial charge is 0.343 e. The van der Waals surface area contributed by atoms with E-state index in [1.54, 1.807) is 4.57 Å². The molecule has 0 fully saturated rings. The molecule has 1 aromatic heterocycles. The molecule has 102 valence electrons. The number of aromatic amines is 1. The average Bonchev–Trinajstić information content (AvgIpc) is 2.78. The van der Waals surface area contributed by atoms with E-state index >= 15 is 0 Å². The van der Waals surface area contributed by atoms with E-state index in [9.17, 15) is 4.79 Å². The van der Waals surface area contributed by atoms with Gasteiger partial charge in [-0.05, 0) is 12.0 Å². The van der Waals surface area contributed by atoms with Crippen LogP contribution < -0.4 is 11.4 Å². The first-order valence-electron chi connectivity index (χ1n) is 6.67. The van der Waals surface area contributed by atoms with Crippen molar-refractivity contribution in [3.8, 4) is 0 Å². The summed E-state index contributed by atoms with van der Waals surface area (Å²) in [6.45, 7) is 2.79. The zero-order valence-corrected chi connectivity index (χ0v) is 11.2. The van der Waals surface area contributed by atoms with Gasteiger partial charge in [-0.15, -0.1) is 0 Å². The molecule has 0 amide bonds. The van der Waals surface area contributed by atoms with Gasteiger partial charge < -0.3 is 5.73 Å². The Kier molecular flexibility index (Phi) is 4.52. The molecule has 1 aromatic carbocycles. The highest BCUT2D eigenvalue weighted by Crippen LogP contribution is 2.13. The van der Waals surface area contributed by atoms with Crippen LogP contribution in [0.25, 0.3) is 0 Å². The van der Waals surface area contributed by atoms with Crippen molar-refractivity contribution in [2.24, 2.45) is 5.73 Å². The number of nitrogens with zero attached hydrogens (tertiary/aromatic N) is 2. The zero-order valence-electron chi connectivity index (χ0n) is 11.2. The quantitative estimate of drug-likeness (QED) is 0.828. The van der Waals surface area contributed by atoms with Gasteiger partial charge >= 0.3 is 5.69 Å². The number of benzene rings is 1. The Morgan fingerprint density at radius 1 is 1.37 bits per heavy atom. The minimum absolute atomic E-state index is 0.142. The van der Waals surface area contributed by atoms with Gasteiger partial charge in [0.05, 0.1) is 0 Å². The second kappa shape index (κ2) is 6.33. The monoisotopic (exact) mass is 260 g/mol. The topological polar surface area (TPSA) is 76.7 Å². The third kappa shape index (κ3) is 3.32. The fourth-order valence-electron chi connectivity index (χ4n) is 2.07. The van der Waals surface area contributed by atoms with Crippen LogP contribution in [-0.2, 0) is 13.0 Å². The molecule has 0 aliphatic heterocycles. The van der Waals surface area contributed by atoms with E-state index in [1.807, 2.05) is 30.3 Å². The van der Waals surface area contributed by atoms with Gasteiger partial charge in [-0.1, -0.05) is 43.7 Å². The molecule has 2 aromatic rings. The van der Waals surface area contributed by atoms with E-state index in [0.29, 0.717) is 13.0 Å². The average molecular weight is 260 g/mol. The number of unbranched alkanes of at least 4 members (excludes halogenated alkanes) is 1. The molecule has 0 aliphatic carbocycles. The zero-order chi connectivity index (χ0) is 13.7. The third-order valence-electron chi connectivity index (χ3n) is 3.20. The van der Waals surface area contributed by atoms with Gasteiger partial charge in [-0.2, -0.15) is 5.10 Å². The molecule has 5 heteroatoms. The fraction of sp³-hybridized carbons (Fsp3) is 0.429. The van der Waals surface area contributed by atoms with Crippen LogP contribution in [0, 0.1) is 0 Å². The molecule has 5 nitrogen and oxygen atoms in total. The maximum Gasteiger partial charge on any atom is 0.343 e. The summed E-state index contributed by atoms with van der Waals surface area (Å²) in [5, 5.41) is 6.58. The summed E-state index contributed by atoms with van der Waals surface area (Å²) in [4.78, 5) is 11.7. The highest BCUT2D eigenvalue weighted by Gasteiger charge is 2.13. The summed E-state index contributed by atoms with van der Waals surface area (Å²) in [6, 6.07) is 9.73. The van der Waals surface area contributed by atoms with Gasteiger partial charge in [-0.25, -0.2) is 9.89 Å². The van der Waals surface area contributed by atoms with E-state index in [0.717, 1.165) is 24.2 Å². The van der Waals surface area contributed by atoms with E-state index in [-0.39, 0.29) is 11.7 Å². The first-order chi connectivity index (χ1) is 9.22. The van der Waals surface area contributed by atoms with Crippen LogP contribution in [0.2, 0.25) is 0 Å². The lowest BCUT2D eigenvalue weighted by molar-refractivity contribution is 0.566. The van der Waals surface area contributed by atoms with Crippen molar-refractivity contribution in [3.05, 3.63) is 52.2 Å². The minimum atomic E-state index is -0.149. The third-order valence-corrected chi connectivity index (χ3v) is 3.20. The maximum absolute atomic E-state index is 11.7. The first-order valence-corrected chi connectivity index (χ1v) is 6.67. The van der Waals surface area contributed by atoms with Crippen molar-refractivity contribution in [1.29, 1.82) is 0 Å². The molecule has 2 rings (SSSR count). The minimum Gasteiger partial charge on any atom is -0.324 e. The van der Waals surface area contributed by atoms with E-state index < -0.39 is 0 Å². The van der Waals surface area contributed by atoms with Crippen LogP contribution >= 0.6 is 0 Å². The van der Waals surface area contributed by atoms with Crippen LogP contribution in [0.3, 0.4) is 0 Å². The molecular formula is C14H20N4O. The Balaban J connectivity index is 2.13. The van der Waals surface area contributed by atoms with Crippen molar-refractivity contribution >= 4 is 0 Å². The summed E-state index contributed by atoms with van der Waals surface area (Å²) in [5.74, 6) is 0.731. The fourth-order valence-corrected chi connectivity index (χ4v) is 2.07. The highest BCUT2D eigenvalue weighted by atomic mass is 16.1. The SMILES string of the molecule is CCCCn1c(CC(N)c2ccccc2)n[nH]c1=O. The van der Waals surface area contributed by atoms with E-state index in [1.165, 1.54) is 0 Å². The van der Waals surface area contributed by atoms with Gasteiger partial charge in [0, 0.05) is 19.0 Å².